The standard InChI is InChI=1S/C17H28BrNO2/c1-13(2)19-10-8-6-5-7-9-14-11-17(21-4)15(18)12-16(14)20-3/h11-13,19H,5-10H2,1-4H3. The maximum atomic E-state index is 5.45. The predicted octanol–water partition coefficient (Wildman–Crippen LogP) is 4.57. The molecule has 0 aliphatic rings. The second-order valence-corrected chi connectivity index (χ2v) is 6.43. The Balaban J connectivity index is 2.37. The summed E-state index contributed by atoms with van der Waals surface area (Å²) in [5.74, 6) is 1.80. The minimum atomic E-state index is 0.587. The number of hydrogen-bond acceptors (Lipinski definition) is 3. The van der Waals surface area contributed by atoms with E-state index in [1.807, 2.05) is 6.07 Å². The Kier molecular flexibility index (Phi) is 8.77. The van der Waals surface area contributed by atoms with Gasteiger partial charge < -0.3 is 14.8 Å². The van der Waals surface area contributed by atoms with Crippen LogP contribution in [0.15, 0.2) is 16.6 Å². The van der Waals surface area contributed by atoms with E-state index in [1.54, 1.807) is 14.2 Å². The van der Waals surface area contributed by atoms with E-state index >= 15 is 0 Å². The summed E-state index contributed by atoms with van der Waals surface area (Å²) in [6.45, 7) is 5.49. The van der Waals surface area contributed by atoms with Gasteiger partial charge in [-0.2, -0.15) is 0 Å². The van der Waals surface area contributed by atoms with Crippen molar-refractivity contribution in [2.24, 2.45) is 0 Å². The summed E-state index contributed by atoms with van der Waals surface area (Å²) in [4.78, 5) is 0. The smallest absolute Gasteiger partial charge is 0.133 e. The minimum absolute atomic E-state index is 0.587. The Morgan fingerprint density at radius 2 is 1.67 bits per heavy atom. The molecule has 1 aromatic rings. The van der Waals surface area contributed by atoms with E-state index in [9.17, 15) is 0 Å². The number of unbranched alkanes of at least 4 members (excludes halogenated alkanes) is 3. The zero-order valence-electron chi connectivity index (χ0n) is 13.7. The zero-order chi connectivity index (χ0) is 15.7. The SMILES string of the molecule is COc1cc(CCCCCCNC(C)C)c(OC)cc1Br. The van der Waals surface area contributed by atoms with Gasteiger partial charge in [0.05, 0.1) is 18.7 Å². The molecule has 0 radical (unpaired) electrons. The van der Waals surface area contributed by atoms with Gasteiger partial charge in [0.15, 0.2) is 0 Å². The lowest BCUT2D eigenvalue weighted by atomic mass is 10.0. The molecular weight excluding hydrogens is 330 g/mol. The van der Waals surface area contributed by atoms with E-state index in [0.29, 0.717) is 6.04 Å². The van der Waals surface area contributed by atoms with Gasteiger partial charge in [-0.15, -0.1) is 0 Å². The van der Waals surface area contributed by atoms with Crippen molar-refractivity contribution >= 4 is 15.9 Å². The molecule has 0 fully saturated rings. The van der Waals surface area contributed by atoms with Gasteiger partial charge in [0, 0.05) is 6.04 Å². The molecule has 0 aliphatic carbocycles. The Hall–Kier alpha value is -0.740. The molecule has 1 N–H and O–H groups in total. The number of methoxy groups -OCH3 is 2. The fraction of sp³-hybridized carbons (Fsp3) is 0.647. The molecule has 0 spiro atoms. The first-order valence-electron chi connectivity index (χ1n) is 7.72. The van der Waals surface area contributed by atoms with Crippen molar-refractivity contribution in [1.82, 2.24) is 5.32 Å². The van der Waals surface area contributed by atoms with Gasteiger partial charge in [0.25, 0.3) is 0 Å². The second-order valence-electron chi connectivity index (χ2n) is 5.57. The van der Waals surface area contributed by atoms with Gasteiger partial charge in [0.1, 0.15) is 11.5 Å². The number of rotatable bonds is 10. The molecule has 3 nitrogen and oxygen atoms in total. The van der Waals surface area contributed by atoms with Crippen LogP contribution in [0.3, 0.4) is 0 Å². The van der Waals surface area contributed by atoms with Gasteiger partial charge in [0.2, 0.25) is 0 Å². The molecule has 0 atom stereocenters. The topological polar surface area (TPSA) is 30.5 Å². The molecule has 21 heavy (non-hydrogen) atoms. The van der Waals surface area contributed by atoms with Gasteiger partial charge >= 0.3 is 0 Å². The van der Waals surface area contributed by atoms with Crippen LogP contribution in [0.1, 0.15) is 45.1 Å². The summed E-state index contributed by atoms with van der Waals surface area (Å²) in [7, 11) is 3.41. The molecule has 1 aromatic carbocycles. The Bertz CT molecular complexity index is 421. The van der Waals surface area contributed by atoms with Crippen LogP contribution in [0.5, 0.6) is 11.5 Å². The van der Waals surface area contributed by atoms with Crippen molar-refractivity contribution in [3.05, 3.63) is 22.2 Å². The van der Waals surface area contributed by atoms with E-state index in [-0.39, 0.29) is 0 Å². The highest BCUT2D eigenvalue weighted by Gasteiger charge is 2.09. The maximum absolute atomic E-state index is 5.45. The minimum Gasteiger partial charge on any atom is -0.496 e. The Morgan fingerprint density at radius 1 is 1.00 bits per heavy atom. The van der Waals surface area contributed by atoms with Gasteiger partial charge in [-0.3, -0.25) is 0 Å². The highest BCUT2D eigenvalue weighted by Crippen LogP contribution is 2.33. The number of halogens is 1. The van der Waals surface area contributed by atoms with Crippen molar-refractivity contribution in [2.75, 3.05) is 20.8 Å². The third kappa shape index (κ3) is 6.70. The molecular formula is C17H28BrNO2. The fourth-order valence-corrected chi connectivity index (χ4v) is 2.79. The quantitative estimate of drug-likeness (QED) is 0.622. The second kappa shape index (κ2) is 10.1. The first-order valence-corrected chi connectivity index (χ1v) is 8.51. The molecule has 4 heteroatoms. The van der Waals surface area contributed by atoms with Crippen molar-refractivity contribution in [3.63, 3.8) is 0 Å². The molecule has 120 valence electrons. The average molecular weight is 358 g/mol. The Morgan fingerprint density at radius 3 is 2.29 bits per heavy atom. The molecule has 0 aromatic heterocycles. The summed E-state index contributed by atoms with van der Waals surface area (Å²) in [5.41, 5.74) is 1.22. The molecule has 0 aliphatic heterocycles. The van der Waals surface area contributed by atoms with Crippen molar-refractivity contribution < 1.29 is 9.47 Å². The van der Waals surface area contributed by atoms with Gasteiger partial charge in [-0.25, -0.2) is 0 Å². The van der Waals surface area contributed by atoms with Crippen LogP contribution in [-0.4, -0.2) is 26.8 Å². The third-order valence-electron chi connectivity index (χ3n) is 3.48. The number of benzene rings is 1. The largest absolute Gasteiger partial charge is 0.496 e. The molecule has 0 heterocycles. The van der Waals surface area contributed by atoms with E-state index in [4.69, 9.17) is 9.47 Å². The van der Waals surface area contributed by atoms with Crippen molar-refractivity contribution in [2.45, 2.75) is 52.0 Å². The Labute approximate surface area is 137 Å². The van der Waals surface area contributed by atoms with E-state index in [2.05, 4.69) is 41.2 Å². The number of ether oxygens (including phenoxy) is 2. The number of nitrogens with one attached hydrogen (secondary N) is 1. The van der Waals surface area contributed by atoms with Crippen molar-refractivity contribution in [3.8, 4) is 11.5 Å². The van der Waals surface area contributed by atoms with E-state index in [1.165, 1.54) is 31.2 Å². The van der Waals surface area contributed by atoms with Crippen molar-refractivity contribution in [1.29, 1.82) is 0 Å². The highest BCUT2D eigenvalue weighted by atomic mass is 79.9. The first-order chi connectivity index (χ1) is 10.1. The van der Waals surface area contributed by atoms with Crippen LogP contribution in [0.4, 0.5) is 0 Å². The van der Waals surface area contributed by atoms with E-state index in [0.717, 1.165) is 28.9 Å². The summed E-state index contributed by atoms with van der Waals surface area (Å²) in [6, 6.07) is 4.65. The third-order valence-corrected chi connectivity index (χ3v) is 4.10. The van der Waals surface area contributed by atoms with Crippen LogP contribution in [-0.2, 0) is 6.42 Å². The average Bonchev–Trinajstić information content (AvgIpc) is 2.46. The van der Waals surface area contributed by atoms with Crippen LogP contribution in [0.2, 0.25) is 0 Å². The molecule has 0 unspecified atom stereocenters. The molecule has 0 saturated carbocycles. The number of hydrogen-bond donors (Lipinski definition) is 1. The van der Waals surface area contributed by atoms with Crippen LogP contribution in [0, 0.1) is 0 Å². The summed E-state index contributed by atoms with van der Waals surface area (Å²) in [6.07, 6.45) is 5.99. The lowest BCUT2D eigenvalue weighted by molar-refractivity contribution is 0.396. The zero-order valence-corrected chi connectivity index (χ0v) is 15.3. The van der Waals surface area contributed by atoms with Gasteiger partial charge in [-0.1, -0.05) is 26.7 Å². The van der Waals surface area contributed by atoms with Crippen LogP contribution < -0.4 is 14.8 Å². The lowest BCUT2D eigenvalue weighted by Crippen LogP contribution is -2.23. The highest BCUT2D eigenvalue weighted by molar-refractivity contribution is 9.10. The molecule has 0 saturated heterocycles. The summed E-state index contributed by atoms with van der Waals surface area (Å²) < 4.78 is 11.7. The van der Waals surface area contributed by atoms with E-state index < -0.39 is 0 Å². The summed E-state index contributed by atoms with van der Waals surface area (Å²) in [5, 5.41) is 3.45. The summed E-state index contributed by atoms with van der Waals surface area (Å²) >= 11 is 3.49. The normalized spacial score (nSPS) is 11.0. The van der Waals surface area contributed by atoms with Crippen LogP contribution >= 0.6 is 15.9 Å². The van der Waals surface area contributed by atoms with Crippen LogP contribution in [0.25, 0.3) is 0 Å². The maximum Gasteiger partial charge on any atom is 0.133 e. The lowest BCUT2D eigenvalue weighted by Gasteiger charge is -2.12. The molecule has 0 bridgehead atoms. The number of aryl methyl sites for hydroxylation is 1. The molecule has 0 amide bonds. The predicted molar refractivity (Wildman–Crippen MR) is 92.6 cm³/mol. The van der Waals surface area contributed by atoms with Gasteiger partial charge in [-0.05, 0) is 59.4 Å². The fourth-order valence-electron chi connectivity index (χ4n) is 2.30. The monoisotopic (exact) mass is 357 g/mol. The first kappa shape index (κ1) is 18.3. The molecule has 1 rings (SSSR count).